The lowest BCUT2D eigenvalue weighted by molar-refractivity contribution is -0.131. The van der Waals surface area contributed by atoms with Crippen LogP contribution in [-0.2, 0) is 16.1 Å². The number of methoxy groups -OCH3 is 1. The van der Waals surface area contributed by atoms with Crippen LogP contribution >= 0.6 is 0 Å². The number of carbonyl (C=O) groups excluding carboxylic acids is 2. The van der Waals surface area contributed by atoms with Crippen molar-refractivity contribution in [2.24, 2.45) is 5.92 Å². The van der Waals surface area contributed by atoms with Gasteiger partial charge in [0.05, 0.1) is 19.1 Å². The van der Waals surface area contributed by atoms with Crippen LogP contribution in [0.3, 0.4) is 0 Å². The van der Waals surface area contributed by atoms with Crippen LogP contribution in [-0.4, -0.2) is 49.5 Å². The second-order valence-electron chi connectivity index (χ2n) is 6.87. The van der Waals surface area contributed by atoms with Crippen LogP contribution in [0.4, 0.5) is 0 Å². The van der Waals surface area contributed by atoms with Gasteiger partial charge in [0.1, 0.15) is 5.75 Å². The summed E-state index contributed by atoms with van der Waals surface area (Å²) in [5.74, 6) is 0.855. The molecule has 1 aromatic rings. The maximum atomic E-state index is 12.5. The van der Waals surface area contributed by atoms with Crippen molar-refractivity contribution in [3.05, 3.63) is 29.8 Å². The zero-order valence-corrected chi connectivity index (χ0v) is 16.1. The molecule has 6 nitrogen and oxygen atoms in total. The molecule has 1 fully saturated rings. The molecule has 0 aliphatic carbocycles. The summed E-state index contributed by atoms with van der Waals surface area (Å²) >= 11 is 0. The summed E-state index contributed by atoms with van der Waals surface area (Å²) in [7, 11) is 1.63. The number of nitrogens with zero attached hydrogens (tertiary/aromatic N) is 1. The molecule has 1 aliphatic rings. The minimum atomic E-state index is -0.248. The largest absolute Gasteiger partial charge is 0.497 e. The van der Waals surface area contributed by atoms with Crippen LogP contribution in [0.15, 0.2) is 24.3 Å². The SMILES string of the molecule is CCCNC(=O)C1CCCN(C(C)C(=O)NCc2cccc(OC)c2)C1. The predicted molar refractivity (Wildman–Crippen MR) is 102 cm³/mol. The fourth-order valence-corrected chi connectivity index (χ4v) is 3.25. The lowest BCUT2D eigenvalue weighted by atomic mass is 9.96. The average Bonchev–Trinajstić information content (AvgIpc) is 2.69. The third-order valence-electron chi connectivity index (χ3n) is 4.90. The monoisotopic (exact) mass is 361 g/mol. The molecule has 2 N–H and O–H groups in total. The van der Waals surface area contributed by atoms with E-state index >= 15 is 0 Å². The van der Waals surface area contributed by atoms with Crippen molar-refractivity contribution in [1.82, 2.24) is 15.5 Å². The summed E-state index contributed by atoms with van der Waals surface area (Å²) in [6, 6.07) is 7.42. The van der Waals surface area contributed by atoms with Crippen LogP contribution in [0.2, 0.25) is 0 Å². The average molecular weight is 361 g/mol. The van der Waals surface area contributed by atoms with Gasteiger partial charge in [0, 0.05) is 19.6 Å². The molecular formula is C20H31N3O3. The van der Waals surface area contributed by atoms with Gasteiger partial charge in [-0.15, -0.1) is 0 Å². The summed E-state index contributed by atoms with van der Waals surface area (Å²) in [4.78, 5) is 26.9. The van der Waals surface area contributed by atoms with Crippen LogP contribution in [0.25, 0.3) is 0 Å². The first-order chi connectivity index (χ1) is 12.5. The topological polar surface area (TPSA) is 70.7 Å². The number of likely N-dealkylation sites (tertiary alicyclic amines) is 1. The third kappa shape index (κ3) is 5.73. The van der Waals surface area contributed by atoms with Crippen LogP contribution < -0.4 is 15.4 Å². The Kier molecular flexibility index (Phi) is 7.91. The van der Waals surface area contributed by atoms with Crippen LogP contribution in [0.1, 0.15) is 38.7 Å². The molecule has 26 heavy (non-hydrogen) atoms. The van der Waals surface area contributed by atoms with Gasteiger partial charge in [-0.3, -0.25) is 14.5 Å². The molecular weight excluding hydrogens is 330 g/mol. The minimum absolute atomic E-state index is 0.0116. The first-order valence-electron chi connectivity index (χ1n) is 9.47. The number of rotatable bonds is 8. The first kappa shape index (κ1) is 20.2. The van der Waals surface area contributed by atoms with Gasteiger partial charge < -0.3 is 15.4 Å². The van der Waals surface area contributed by atoms with E-state index in [0.29, 0.717) is 19.6 Å². The Morgan fingerprint density at radius 3 is 2.88 bits per heavy atom. The third-order valence-corrected chi connectivity index (χ3v) is 4.90. The summed E-state index contributed by atoms with van der Waals surface area (Å²) in [5, 5.41) is 5.96. The predicted octanol–water partition coefficient (Wildman–Crippen LogP) is 1.94. The van der Waals surface area contributed by atoms with E-state index in [1.807, 2.05) is 38.1 Å². The van der Waals surface area contributed by atoms with Crippen molar-refractivity contribution in [3.8, 4) is 5.75 Å². The van der Waals surface area contributed by atoms with E-state index in [1.165, 1.54) is 0 Å². The summed E-state index contributed by atoms with van der Waals surface area (Å²) < 4.78 is 5.21. The molecule has 1 saturated heterocycles. The molecule has 0 bridgehead atoms. The lowest BCUT2D eigenvalue weighted by Gasteiger charge is -2.35. The Morgan fingerprint density at radius 1 is 1.35 bits per heavy atom. The molecule has 1 aromatic carbocycles. The quantitative estimate of drug-likeness (QED) is 0.742. The van der Waals surface area contributed by atoms with Crippen molar-refractivity contribution in [2.45, 2.75) is 45.7 Å². The highest BCUT2D eigenvalue weighted by atomic mass is 16.5. The van der Waals surface area contributed by atoms with Crippen LogP contribution in [0.5, 0.6) is 5.75 Å². The summed E-state index contributed by atoms with van der Waals surface area (Å²) in [6.45, 7) is 6.63. The van der Waals surface area contributed by atoms with Gasteiger partial charge in [0.25, 0.3) is 0 Å². The maximum Gasteiger partial charge on any atom is 0.237 e. The fraction of sp³-hybridized carbons (Fsp3) is 0.600. The van der Waals surface area contributed by atoms with Gasteiger partial charge in [0.2, 0.25) is 11.8 Å². The highest BCUT2D eigenvalue weighted by molar-refractivity contribution is 5.82. The smallest absolute Gasteiger partial charge is 0.237 e. The van der Waals surface area contributed by atoms with Crippen molar-refractivity contribution in [3.63, 3.8) is 0 Å². The molecule has 6 heteroatoms. The Bertz CT molecular complexity index is 606. The fourth-order valence-electron chi connectivity index (χ4n) is 3.25. The Labute approximate surface area is 156 Å². The molecule has 144 valence electrons. The molecule has 2 rings (SSSR count). The van der Waals surface area contributed by atoms with E-state index in [2.05, 4.69) is 15.5 Å². The van der Waals surface area contributed by atoms with Gasteiger partial charge in [-0.25, -0.2) is 0 Å². The van der Waals surface area contributed by atoms with Gasteiger partial charge in [-0.05, 0) is 50.4 Å². The standard InChI is InChI=1S/C20H31N3O3/c1-4-10-21-20(25)17-8-6-11-23(14-17)15(2)19(24)22-13-16-7-5-9-18(12-16)26-3/h5,7,9,12,15,17H,4,6,8,10-11,13-14H2,1-3H3,(H,21,25)(H,22,24). The number of amides is 2. The highest BCUT2D eigenvalue weighted by Gasteiger charge is 2.30. The van der Waals surface area contributed by atoms with Crippen molar-refractivity contribution >= 4 is 11.8 Å². The molecule has 1 heterocycles. The second kappa shape index (κ2) is 10.2. The Morgan fingerprint density at radius 2 is 2.15 bits per heavy atom. The molecule has 2 amide bonds. The molecule has 1 aliphatic heterocycles. The van der Waals surface area contributed by atoms with Gasteiger partial charge >= 0.3 is 0 Å². The van der Waals surface area contributed by atoms with E-state index in [0.717, 1.165) is 37.1 Å². The molecule has 0 aromatic heterocycles. The molecule has 2 unspecified atom stereocenters. The van der Waals surface area contributed by atoms with E-state index in [4.69, 9.17) is 4.74 Å². The van der Waals surface area contributed by atoms with Gasteiger partial charge in [0.15, 0.2) is 0 Å². The number of hydrogen-bond donors (Lipinski definition) is 2. The second-order valence-corrected chi connectivity index (χ2v) is 6.87. The number of benzene rings is 1. The van der Waals surface area contributed by atoms with Crippen LogP contribution in [0, 0.1) is 5.92 Å². The summed E-state index contributed by atoms with van der Waals surface area (Å²) in [6.07, 6.45) is 2.77. The zero-order chi connectivity index (χ0) is 18.9. The maximum absolute atomic E-state index is 12.5. The summed E-state index contributed by atoms with van der Waals surface area (Å²) in [5.41, 5.74) is 1.00. The van der Waals surface area contributed by atoms with Crippen molar-refractivity contribution in [2.75, 3.05) is 26.7 Å². The van der Waals surface area contributed by atoms with Gasteiger partial charge in [-0.1, -0.05) is 19.1 Å². The number of ether oxygens (including phenoxy) is 1. The highest BCUT2D eigenvalue weighted by Crippen LogP contribution is 2.19. The van der Waals surface area contributed by atoms with E-state index in [9.17, 15) is 9.59 Å². The first-order valence-corrected chi connectivity index (χ1v) is 9.47. The number of carbonyl (C=O) groups is 2. The van der Waals surface area contributed by atoms with E-state index < -0.39 is 0 Å². The lowest BCUT2D eigenvalue weighted by Crippen LogP contribution is -2.51. The molecule has 0 radical (unpaired) electrons. The van der Waals surface area contributed by atoms with Crippen molar-refractivity contribution < 1.29 is 14.3 Å². The molecule has 0 saturated carbocycles. The molecule has 0 spiro atoms. The Hall–Kier alpha value is -2.08. The number of hydrogen-bond acceptors (Lipinski definition) is 4. The Balaban J connectivity index is 1.85. The zero-order valence-electron chi connectivity index (χ0n) is 16.1. The number of piperidine rings is 1. The normalized spacial score (nSPS) is 18.8. The van der Waals surface area contributed by atoms with Crippen molar-refractivity contribution in [1.29, 1.82) is 0 Å². The van der Waals surface area contributed by atoms with E-state index in [-0.39, 0.29) is 23.8 Å². The minimum Gasteiger partial charge on any atom is -0.497 e. The van der Waals surface area contributed by atoms with E-state index in [1.54, 1.807) is 7.11 Å². The van der Waals surface area contributed by atoms with Gasteiger partial charge in [-0.2, -0.15) is 0 Å². The number of nitrogens with one attached hydrogen (secondary N) is 2. The molecule has 2 atom stereocenters.